The topological polar surface area (TPSA) is 99.9 Å². The van der Waals surface area contributed by atoms with E-state index in [0.717, 1.165) is 10.4 Å². The van der Waals surface area contributed by atoms with Crippen LogP contribution in [-0.4, -0.2) is 37.6 Å². The number of ether oxygens (including phenoxy) is 3. The first-order valence-corrected chi connectivity index (χ1v) is 8.02. The van der Waals surface area contributed by atoms with Crippen LogP contribution in [0.4, 0.5) is 9.80 Å². The van der Waals surface area contributed by atoms with Crippen LogP contribution in [0.3, 0.4) is 0 Å². The molecule has 120 valence electrons. The smallest absolute Gasteiger partial charge is 0.412 e. The highest BCUT2D eigenvalue weighted by Crippen LogP contribution is 2.43. The van der Waals surface area contributed by atoms with Crippen LogP contribution in [0.15, 0.2) is 0 Å². The molecule has 1 aromatic rings. The summed E-state index contributed by atoms with van der Waals surface area (Å²) < 4.78 is 16.3. The molecule has 22 heavy (non-hydrogen) atoms. The lowest BCUT2D eigenvalue weighted by Crippen LogP contribution is -2.36. The zero-order valence-corrected chi connectivity index (χ0v) is 13.1. The fourth-order valence-corrected chi connectivity index (χ4v) is 4.25. The molecule has 1 fully saturated rings. The summed E-state index contributed by atoms with van der Waals surface area (Å²) in [7, 11) is 0. The third-order valence-electron chi connectivity index (χ3n) is 3.83. The molecule has 0 unspecified atom stereocenters. The number of anilines is 1. The van der Waals surface area contributed by atoms with Crippen LogP contribution < -0.4 is 11.1 Å². The molecule has 0 saturated carbocycles. The molecule has 1 aliphatic carbocycles. The minimum atomic E-state index is -0.591. The molecule has 1 aliphatic heterocycles. The molecular formula is C14H18N2O5S. The molecule has 2 aliphatic rings. The Morgan fingerprint density at radius 2 is 2.14 bits per heavy atom. The lowest BCUT2D eigenvalue weighted by atomic mass is 9.90. The van der Waals surface area contributed by atoms with Crippen molar-refractivity contribution >= 4 is 28.3 Å². The summed E-state index contributed by atoms with van der Waals surface area (Å²) in [5.41, 5.74) is 6.75. The number of rotatable bonds is 3. The van der Waals surface area contributed by atoms with E-state index >= 15 is 0 Å². The molecule has 0 bridgehead atoms. The van der Waals surface area contributed by atoms with E-state index in [-0.39, 0.29) is 6.61 Å². The van der Waals surface area contributed by atoms with Crippen molar-refractivity contribution in [3.63, 3.8) is 0 Å². The third-order valence-corrected chi connectivity index (χ3v) is 4.97. The average molecular weight is 326 g/mol. The van der Waals surface area contributed by atoms with Gasteiger partial charge in [0.2, 0.25) is 0 Å². The van der Waals surface area contributed by atoms with Crippen molar-refractivity contribution in [1.29, 1.82) is 0 Å². The van der Waals surface area contributed by atoms with Crippen LogP contribution in [0, 0.1) is 0 Å². The number of amides is 2. The van der Waals surface area contributed by atoms with Gasteiger partial charge in [0.1, 0.15) is 5.00 Å². The Labute approximate surface area is 131 Å². The van der Waals surface area contributed by atoms with Crippen LogP contribution >= 0.6 is 11.3 Å². The summed E-state index contributed by atoms with van der Waals surface area (Å²) in [6.07, 6.45) is 1.29. The standard InChI is InChI=1S/C14H18N2O5S/c1-2-19-13(18)16-12-10(11(15)17)8-3-4-14(7-9(8)22-12)20-5-6-21-14/h2-7H2,1H3,(H2,15,17)(H,16,18). The van der Waals surface area contributed by atoms with Crippen LogP contribution in [0.2, 0.25) is 0 Å². The second-order valence-corrected chi connectivity index (χ2v) is 6.31. The maximum Gasteiger partial charge on any atom is 0.412 e. The van der Waals surface area contributed by atoms with Gasteiger partial charge in [-0.15, -0.1) is 11.3 Å². The van der Waals surface area contributed by atoms with Gasteiger partial charge in [0.05, 0.1) is 25.4 Å². The number of nitrogens with one attached hydrogen (secondary N) is 1. The average Bonchev–Trinajstić information content (AvgIpc) is 3.03. The van der Waals surface area contributed by atoms with Gasteiger partial charge >= 0.3 is 6.09 Å². The number of carbonyl (C=O) groups excluding carboxylic acids is 2. The summed E-state index contributed by atoms with van der Waals surface area (Å²) in [4.78, 5) is 24.4. The van der Waals surface area contributed by atoms with Crippen molar-refractivity contribution in [1.82, 2.24) is 0 Å². The molecule has 3 rings (SSSR count). The predicted molar refractivity (Wildman–Crippen MR) is 80.1 cm³/mol. The number of fused-ring (bicyclic) bond motifs is 1. The van der Waals surface area contributed by atoms with E-state index in [1.54, 1.807) is 6.92 Å². The lowest BCUT2D eigenvalue weighted by Gasteiger charge is -2.31. The molecular weight excluding hydrogens is 308 g/mol. The number of hydrogen-bond donors (Lipinski definition) is 2. The van der Waals surface area contributed by atoms with Crippen molar-refractivity contribution in [2.45, 2.75) is 32.0 Å². The Hall–Kier alpha value is -1.64. The van der Waals surface area contributed by atoms with Gasteiger partial charge in [-0.2, -0.15) is 0 Å². The lowest BCUT2D eigenvalue weighted by molar-refractivity contribution is -0.163. The first kappa shape index (κ1) is 15.3. The van der Waals surface area contributed by atoms with E-state index in [1.165, 1.54) is 11.3 Å². The van der Waals surface area contributed by atoms with Crippen LogP contribution in [0.25, 0.3) is 0 Å². The van der Waals surface area contributed by atoms with E-state index in [1.807, 2.05) is 0 Å². The van der Waals surface area contributed by atoms with Gasteiger partial charge in [-0.1, -0.05) is 0 Å². The fraction of sp³-hybridized carbons (Fsp3) is 0.571. The third kappa shape index (κ3) is 2.69. The van der Waals surface area contributed by atoms with Gasteiger partial charge < -0.3 is 19.9 Å². The maximum atomic E-state index is 11.8. The number of carbonyl (C=O) groups is 2. The number of primary amides is 1. The minimum Gasteiger partial charge on any atom is -0.450 e. The number of hydrogen-bond acceptors (Lipinski definition) is 6. The van der Waals surface area contributed by atoms with E-state index in [9.17, 15) is 9.59 Å². The summed E-state index contributed by atoms with van der Waals surface area (Å²) in [6, 6.07) is 0. The molecule has 1 aromatic heterocycles. The maximum absolute atomic E-state index is 11.8. The Balaban J connectivity index is 1.90. The monoisotopic (exact) mass is 326 g/mol. The zero-order chi connectivity index (χ0) is 15.7. The molecule has 2 heterocycles. The quantitative estimate of drug-likeness (QED) is 0.879. The Morgan fingerprint density at radius 1 is 1.41 bits per heavy atom. The van der Waals surface area contributed by atoms with Crippen molar-refractivity contribution in [3.05, 3.63) is 16.0 Å². The number of thiophene rings is 1. The fourth-order valence-electron chi connectivity index (χ4n) is 2.92. The second kappa shape index (κ2) is 5.86. The molecule has 0 aromatic carbocycles. The Morgan fingerprint density at radius 3 is 2.77 bits per heavy atom. The normalized spacial score (nSPS) is 19.0. The Bertz CT molecular complexity index is 607. The van der Waals surface area contributed by atoms with Crippen molar-refractivity contribution in [2.75, 3.05) is 25.1 Å². The van der Waals surface area contributed by atoms with E-state index < -0.39 is 17.8 Å². The zero-order valence-electron chi connectivity index (χ0n) is 12.3. The first-order chi connectivity index (χ1) is 10.5. The van der Waals surface area contributed by atoms with Crippen molar-refractivity contribution < 1.29 is 23.8 Å². The van der Waals surface area contributed by atoms with E-state index in [2.05, 4.69) is 5.32 Å². The summed E-state index contributed by atoms with van der Waals surface area (Å²) in [5, 5.41) is 3.04. The highest BCUT2D eigenvalue weighted by atomic mass is 32.1. The predicted octanol–water partition coefficient (Wildman–Crippen LogP) is 1.65. The van der Waals surface area contributed by atoms with Crippen LogP contribution in [0.1, 0.15) is 34.1 Å². The highest BCUT2D eigenvalue weighted by molar-refractivity contribution is 7.17. The minimum absolute atomic E-state index is 0.258. The van der Waals surface area contributed by atoms with Gasteiger partial charge in [0, 0.05) is 17.7 Å². The molecule has 7 nitrogen and oxygen atoms in total. The van der Waals surface area contributed by atoms with Gasteiger partial charge in [0.25, 0.3) is 5.91 Å². The number of nitrogens with two attached hydrogens (primary N) is 1. The molecule has 1 spiro atoms. The van der Waals surface area contributed by atoms with Crippen LogP contribution in [-0.2, 0) is 27.1 Å². The molecule has 3 N–H and O–H groups in total. The summed E-state index contributed by atoms with van der Waals surface area (Å²) in [6.45, 7) is 3.13. The Kier molecular flexibility index (Phi) is 4.07. The first-order valence-electron chi connectivity index (χ1n) is 7.20. The van der Waals surface area contributed by atoms with Gasteiger partial charge in [-0.05, 0) is 18.9 Å². The highest BCUT2D eigenvalue weighted by Gasteiger charge is 2.42. The van der Waals surface area contributed by atoms with Gasteiger partial charge in [-0.3, -0.25) is 10.1 Å². The van der Waals surface area contributed by atoms with E-state index in [0.29, 0.717) is 43.0 Å². The molecule has 1 saturated heterocycles. The van der Waals surface area contributed by atoms with Crippen molar-refractivity contribution in [3.8, 4) is 0 Å². The summed E-state index contributed by atoms with van der Waals surface area (Å²) >= 11 is 1.33. The molecule has 0 radical (unpaired) electrons. The van der Waals surface area contributed by atoms with Gasteiger partial charge in [0.15, 0.2) is 5.79 Å². The van der Waals surface area contributed by atoms with E-state index in [4.69, 9.17) is 19.9 Å². The molecule has 8 heteroatoms. The molecule has 2 amide bonds. The van der Waals surface area contributed by atoms with Gasteiger partial charge in [-0.25, -0.2) is 4.79 Å². The summed E-state index contributed by atoms with van der Waals surface area (Å²) in [5.74, 6) is -1.14. The second-order valence-electron chi connectivity index (χ2n) is 5.20. The molecule has 0 atom stereocenters. The largest absolute Gasteiger partial charge is 0.450 e. The van der Waals surface area contributed by atoms with Crippen molar-refractivity contribution in [2.24, 2.45) is 5.73 Å². The SMILES string of the molecule is CCOC(=O)Nc1sc2c(c1C(N)=O)CCC1(C2)OCCO1. The van der Waals surface area contributed by atoms with Crippen LogP contribution in [0.5, 0.6) is 0 Å².